The maximum atomic E-state index is 12.8. The topological polar surface area (TPSA) is 77.3 Å². The molecule has 0 N–H and O–H groups in total. The van der Waals surface area contributed by atoms with Gasteiger partial charge in [-0.15, -0.1) is 3.89 Å². The molecule has 1 aromatic rings. The molecule has 0 amide bonds. The fourth-order valence-corrected chi connectivity index (χ4v) is 1.63. The zero-order chi connectivity index (χ0) is 12.3. The lowest BCUT2D eigenvalue weighted by Crippen LogP contribution is -2.05. The number of aryl methyl sites for hydroxylation is 1. The van der Waals surface area contributed by atoms with Crippen LogP contribution in [0.5, 0.6) is 0 Å². The molecule has 0 fully saturated rings. The largest absolute Gasteiger partial charge is 0.302 e. The van der Waals surface area contributed by atoms with Crippen molar-refractivity contribution in [1.29, 1.82) is 0 Å². The van der Waals surface area contributed by atoms with Gasteiger partial charge in [0.2, 0.25) is 0 Å². The average Bonchev–Trinajstić information content (AvgIpc) is 2.13. The molecule has 1 rings (SSSR count). The molecule has 0 saturated carbocycles. The van der Waals surface area contributed by atoms with Crippen molar-refractivity contribution in [3.8, 4) is 0 Å². The average molecular weight is 251 g/mol. The van der Waals surface area contributed by atoms with E-state index in [4.69, 9.17) is 0 Å². The van der Waals surface area contributed by atoms with Gasteiger partial charge >= 0.3 is 10.2 Å². The molecular formula is C8H7F2NO4S. The summed E-state index contributed by atoms with van der Waals surface area (Å²) in [5.41, 5.74) is -0.573. The van der Waals surface area contributed by atoms with E-state index in [0.29, 0.717) is 0 Å². The van der Waals surface area contributed by atoms with Crippen LogP contribution in [0.15, 0.2) is 18.2 Å². The summed E-state index contributed by atoms with van der Waals surface area (Å²) in [7, 11) is -4.72. The second-order valence-electron chi connectivity index (χ2n) is 3.02. The molecule has 88 valence electrons. The molecule has 0 aliphatic carbocycles. The van der Waals surface area contributed by atoms with E-state index in [2.05, 4.69) is 0 Å². The van der Waals surface area contributed by atoms with E-state index in [9.17, 15) is 26.8 Å². The van der Waals surface area contributed by atoms with Crippen molar-refractivity contribution in [3.05, 3.63) is 39.7 Å². The van der Waals surface area contributed by atoms with Gasteiger partial charge in [0, 0.05) is 11.6 Å². The van der Waals surface area contributed by atoms with E-state index in [0.717, 1.165) is 18.2 Å². The van der Waals surface area contributed by atoms with Crippen molar-refractivity contribution in [2.24, 2.45) is 0 Å². The Kier molecular flexibility index (Phi) is 3.53. The van der Waals surface area contributed by atoms with Gasteiger partial charge in [-0.05, 0) is 18.6 Å². The minimum absolute atomic E-state index is 0.147. The van der Waals surface area contributed by atoms with Crippen molar-refractivity contribution in [2.75, 3.05) is 5.75 Å². The fraction of sp³-hybridized carbons (Fsp3) is 0.250. The Bertz CT molecular complexity index is 515. The Morgan fingerprint density at radius 3 is 2.50 bits per heavy atom. The highest BCUT2D eigenvalue weighted by Gasteiger charge is 2.17. The zero-order valence-electron chi connectivity index (χ0n) is 7.89. The molecule has 0 spiro atoms. The van der Waals surface area contributed by atoms with Gasteiger partial charge in [0.15, 0.2) is 0 Å². The predicted molar refractivity (Wildman–Crippen MR) is 51.7 cm³/mol. The molecule has 0 heterocycles. The van der Waals surface area contributed by atoms with Crippen LogP contribution in [0.3, 0.4) is 0 Å². The lowest BCUT2D eigenvalue weighted by atomic mass is 10.1. The summed E-state index contributed by atoms with van der Waals surface area (Å²) in [4.78, 5) is 9.72. The number of halogens is 2. The van der Waals surface area contributed by atoms with Gasteiger partial charge in [-0.3, -0.25) is 10.1 Å². The molecule has 0 unspecified atom stereocenters. The van der Waals surface area contributed by atoms with E-state index < -0.39 is 38.8 Å². The quantitative estimate of drug-likeness (QED) is 0.462. The van der Waals surface area contributed by atoms with Gasteiger partial charge in [0.25, 0.3) is 5.69 Å². The van der Waals surface area contributed by atoms with Gasteiger partial charge < -0.3 is 0 Å². The fourth-order valence-electron chi connectivity index (χ4n) is 1.16. The summed E-state index contributed by atoms with van der Waals surface area (Å²) < 4.78 is 45.5. The van der Waals surface area contributed by atoms with Crippen molar-refractivity contribution < 1.29 is 21.6 Å². The molecule has 0 aliphatic heterocycles. The lowest BCUT2D eigenvalue weighted by molar-refractivity contribution is -0.385. The summed E-state index contributed by atoms with van der Waals surface area (Å²) in [6.45, 7) is 0. The summed E-state index contributed by atoms with van der Waals surface area (Å²) in [5, 5.41) is 10.5. The summed E-state index contributed by atoms with van der Waals surface area (Å²) in [5.74, 6) is -1.64. The number of nitrogens with zero attached hydrogens (tertiary/aromatic N) is 1. The monoisotopic (exact) mass is 251 g/mol. The van der Waals surface area contributed by atoms with Gasteiger partial charge in [0.1, 0.15) is 5.82 Å². The second kappa shape index (κ2) is 4.52. The first-order valence-electron chi connectivity index (χ1n) is 4.15. The van der Waals surface area contributed by atoms with Crippen molar-refractivity contribution in [2.45, 2.75) is 6.42 Å². The third kappa shape index (κ3) is 3.54. The number of hydrogen-bond acceptors (Lipinski definition) is 4. The molecule has 0 radical (unpaired) electrons. The number of nitro benzene ring substituents is 1. The summed E-state index contributed by atoms with van der Waals surface area (Å²) in [6, 6.07) is 2.62. The van der Waals surface area contributed by atoms with Crippen LogP contribution in [0.1, 0.15) is 5.56 Å². The standard InChI is InChI=1S/C8H7F2NO4S/c9-7-1-2-8(11(12)13)6(5-7)3-4-16(10,14)15/h1-2,5H,3-4H2. The van der Waals surface area contributed by atoms with Crippen LogP contribution in [0.2, 0.25) is 0 Å². The SMILES string of the molecule is O=[N+]([O-])c1ccc(F)cc1CCS(=O)(=O)F. The summed E-state index contributed by atoms with van der Waals surface area (Å²) in [6.07, 6.45) is -0.438. The van der Waals surface area contributed by atoms with Gasteiger partial charge in [-0.1, -0.05) is 0 Å². The van der Waals surface area contributed by atoms with E-state index in [1.807, 2.05) is 0 Å². The second-order valence-corrected chi connectivity index (χ2v) is 4.51. The molecule has 0 bridgehead atoms. The lowest BCUT2D eigenvalue weighted by Gasteiger charge is -2.01. The normalized spacial score (nSPS) is 11.4. The van der Waals surface area contributed by atoms with Crippen LogP contribution in [-0.4, -0.2) is 19.1 Å². The minimum Gasteiger partial charge on any atom is -0.258 e. The Labute approximate surface area is 90.1 Å². The number of rotatable bonds is 4. The minimum atomic E-state index is -4.72. The molecule has 0 aromatic heterocycles. The summed E-state index contributed by atoms with van der Waals surface area (Å²) >= 11 is 0. The van der Waals surface area contributed by atoms with E-state index in [1.165, 1.54) is 0 Å². The van der Waals surface area contributed by atoms with Crippen LogP contribution in [0.4, 0.5) is 14.0 Å². The van der Waals surface area contributed by atoms with Crippen LogP contribution >= 0.6 is 0 Å². The Balaban J connectivity index is 3.01. The highest BCUT2D eigenvalue weighted by atomic mass is 32.3. The number of hydrogen-bond donors (Lipinski definition) is 0. The first-order valence-corrected chi connectivity index (χ1v) is 5.70. The Morgan fingerprint density at radius 2 is 2.00 bits per heavy atom. The molecule has 8 heteroatoms. The number of nitro groups is 1. The van der Waals surface area contributed by atoms with E-state index in [-0.39, 0.29) is 5.56 Å². The van der Waals surface area contributed by atoms with Crippen molar-refractivity contribution >= 4 is 15.9 Å². The molecule has 16 heavy (non-hydrogen) atoms. The van der Waals surface area contributed by atoms with Gasteiger partial charge in [-0.25, -0.2) is 4.39 Å². The zero-order valence-corrected chi connectivity index (χ0v) is 8.71. The van der Waals surface area contributed by atoms with Crippen LogP contribution < -0.4 is 0 Å². The molecule has 5 nitrogen and oxygen atoms in total. The van der Waals surface area contributed by atoms with Crippen molar-refractivity contribution in [3.63, 3.8) is 0 Å². The van der Waals surface area contributed by atoms with E-state index >= 15 is 0 Å². The smallest absolute Gasteiger partial charge is 0.258 e. The third-order valence-corrected chi connectivity index (χ3v) is 2.55. The predicted octanol–water partition coefficient (Wildman–Crippen LogP) is 1.58. The first kappa shape index (κ1) is 12.5. The first-order chi connectivity index (χ1) is 7.29. The molecule has 0 atom stereocenters. The Morgan fingerprint density at radius 1 is 1.38 bits per heavy atom. The Hall–Kier alpha value is -1.57. The molecular weight excluding hydrogens is 244 g/mol. The highest BCUT2D eigenvalue weighted by Crippen LogP contribution is 2.20. The maximum absolute atomic E-state index is 12.8. The molecule has 0 aliphatic rings. The van der Waals surface area contributed by atoms with Gasteiger partial charge in [-0.2, -0.15) is 8.42 Å². The molecule has 0 saturated heterocycles. The van der Waals surface area contributed by atoms with Crippen LogP contribution in [0.25, 0.3) is 0 Å². The van der Waals surface area contributed by atoms with Crippen LogP contribution in [-0.2, 0) is 16.6 Å². The highest BCUT2D eigenvalue weighted by molar-refractivity contribution is 7.86. The van der Waals surface area contributed by atoms with Crippen LogP contribution in [0, 0.1) is 15.9 Å². The van der Waals surface area contributed by atoms with Gasteiger partial charge in [0.05, 0.1) is 10.7 Å². The number of benzene rings is 1. The van der Waals surface area contributed by atoms with E-state index in [1.54, 1.807) is 0 Å². The maximum Gasteiger partial charge on any atom is 0.302 e. The molecule has 1 aromatic carbocycles. The van der Waals surface area contributed by atoms with Crippen molar-refractivity contribution in [1.82, 2.24) is 0 Å². The third-order valence-electron chi connectivity index (χ3n) is 1.85.